The van der Waals surface area contributed by atoms with E-state index in [0.29, 0.717) is 12.1 Å². The highest BCUT2D eigenvalue weighted by atomic mass is 79.9. The maximum atomic E-state index is 11.9. The van der Waals surface area contributed by atoms with Crippen molar-refractivity contribution in [2.45, 2.75) is 26.2 Å². The summed E-state index contributed by atoms with van der Waals surface area (Å²) in [7, 11) is 0. The average Bonchev–Trinajstić information content (AvgIpc) is 2.49. The summed E-state index contributed by atoms with van der Waals surface area (Å²) >= 11 is 6.82. The molecule has 0 bridgehead atoms. The number of carbonyl (C=O) groups is 2. The van der Waals surface area contributed by atoms with Gasteiger partial charge in [0, 0.05) is 8.95 Å². The second-order valence-corrected chi connectivity index (χ2v) is 6.95. The number of esters is 1. The van der Waals surface area contributed by atoms with Gasteiger partial charge in [0.25, 0.3) is 5.91 Å². The monoisotopic (exact) mass is 429 g/mol. The highest BCUT2D eigenvalue weighted by Crippen LogP contribution is 2.32. The van der Waals surface area contributed by atoms with Crippen LogP contribution in [0.5, 0.6) is 0 Å². The van der Waals surface area contributed by atoms with Gasteiger partial charge in [-0.25, -0.2) is 0 Å². The van der Waals surface area contributed by atoms with Crippen LogP contribution in [-0.4, -0.2) is 18.5 Å². The van der Waals surface area contributed by atoms with Gasteiger partial charge in [0.2, 0.25) is 0 Å². The molecule has 1 aromatic rings. The van der Waals surface area contributed by atoms with Crippen LogP contribution in [0, 0.1) is 12.8 Å². The normalized spacial score (nSPS) is 17.1. The zero-order valence-electron chi connectivity index (χ0n) is 12.2. The van der Waals surface area contributed by atoms with Gasteiger partial charge >= 0.3 is 5.97 Å². The molecule has 4 nitrogen and oxygen atoms in total. The molecule has 118 valence electrons. The summed E-state index contributed by atoms with van der Waals surface area (Å²) in [4.78, 5) is 23.8. The van der Waals surface area contributed by atoms with Crippen LogP contribution in [0.3, 0.4) is 0 Å². The quantitative estimate of drug-likeness (QED) is 0.570. The Hall–Kier alpha value is -1.14. The Labute approximate surface area is 146 Å². The number of ether oxygens (including phenoxy) is 1. The summed E-state index contributed by atoms with van der Waals surface area (Å²) in [5, 5.41) is 2.74. The van der Waals surface area contributed by atoms with E-state index in [0.717, 1.165) is 27.4 Å². The molecular formula is C16H17Br2NO3. The number of hydrogen-bond acceptors (Lipinski definition) is 3. The van der Waals surface area contributed by atoms with Crippen molar-refractivity contribution in [3.63, 3.8) is 0 Å². The van der Waals surface area contributed by atoms with Crippen LogP contribution >= 0.6 is 31.9 Å². The van der Waals surface area contributed by atoms with E-state index < -0.39 is 0 Å². The molecule has 22 heavy (non-hydrogen) atoms. The number of nitrogens with one attached hydrogen (secondary N) is 1. The summed E-state index contributed by atoms with van der Waals surface area (Å²) in [5.41, 5.74) is 1.70. The first-order chi connectivity index (χ1) is 10.5. The third-order valence-corrected chi connectivity index (χ3v) is 4.65. The number of anilines is 1. The highest BCUT2D eigenvalue weighted by molar-refractivity contribution is 9.11. The largest absolute Gasteiger partial charge is 0.455 e. The lowest BCUT2D eigenvalue weighted by atomic mass is 9.95. The van der Waals surface area contributed by atoms with E-state index in [4.69, 9.17) is 4.74 Å². The van der Waals surface area contributed by atoms with E-state index in [1.54, 1.807) is 0 Å². The van der Waals surface area contributed by atoms with Crippen molar-refractivity contribution in [2.75, 3.05) is 11.9 Å². The van der Waals surface area contributed by atoms with Gasteiger partial charge in [0.05, 0.1) is 11.6 Å². The number of hydrogen-bond donors (Lipinski definition) is 1. The van der Waals surface area contributed by atoms with E-state index in [1.807, 2.05) is 25.1 Å². The van der Waals surface area contributed by atoms with Crippen LogP contribution in [-0.2, 0) is 14.3 Å². The van der Waals surface area contributed by atoms with Gasteiger partial charge < -0.3 is 10.1 Å². The molecule has 0 heterocycles. The van der Waals surface area contributed by atoms with Crippen molar-refractivity contribution >= 4 is 49.4 Å². The van der Waals surface area contributed by atoms with Gasteiger partial charge in [-0.3, -0.25) is 9.59 Å². The number of amides is 1. The minimum atomic E-state index is -0.357. The molecule has 1 atom stereocenters. The number of benzene rings is 1. The molecule has 0 radical (unpaired) electrons. The molecule has 0 aliphatic heterocycles. The number of rotatable bonds is 4. The summed E-state index contributed by atoms with van der Waals surface area (Å²) in [6, 6.07) is 3.81. The van der Waals surface area contributed by atoms with E-state index in [-0.39, 0.29) is 24.4 Å². The molecule has 1 aromatic carbocycles. The Bertz CT molecular complexity index is 590. The predicted octanol–water partition coefficient (Wildman–Crippen LogP) is 4.36. The van der Waals surface area contributed by atoms with Crippen molar-refractivity contribution in [1.82, 2.24) is 0 Å². The highest BCUT2D eigenvalue weighted by Gasteiger charge is 2.21. The Morgan fingerprint density at radius 2 is 1.95 bits per heavy atom. The van der Waals surface area contributed by atoms with Crippen molar-refractivity contribution in [3.05, 3.63) is 38.8 Å². The third kappa shape index (κ3) is 4.68. The second kappa shape index (κ2) is 7.92. The first kappa shape index (κ1) is 17.2. The average molecular weight is 431 g/mol. The van der Waals surface area contributed by atoms with Gasteiger partial charge in [0.1, 0.15) is 0 Å². The fraction of sp³-hybridized carbons (Fsp3) is 0.375. The Morgan fingerprint density at radius 1 is 1.27 bits per heavy atom. The first-order valence-corrected chi connectivity index (χ1v) is 8.63. The standard InChI is InChI=1S/C16H17Br2NO3/c1-10-7-12(17)15(13(18)8-10)19-14(20)9-22-16(21)11-5-3-2-4-6-11/h2-3,7-8,11H,4-6,9H2,1H3,(H,19,20). The second-order valence-electron chi connectivity index (χ2n) is 5.24. The zero-order chi connectivity index (χ0) is 16.1. The summed E-state index contributed by atoms with van der Waals surface area (Å²) in [6.45, 7) is 1.69. The van der Waals surface area contributed by atoms with Gasteiger partial charge in [-0.2, -0.15) is 0 Å². The maximum absolute atomic E-state index is 11.9. The Morgan fingerprint density at radius 3 is 2.55 bits per heavy atom. The van der Waals surface area contributed by atoms with Crippen molar-refractivity contribution in [1.29, 1.82) is 0 Å². The van der Waals surface area contributed by atoms with Gasteiger partial charge in [-0.15, -0.1) is 0 Å². The molecular weight excluding hydrogens is 414 g/mol. The molecule has 1 aliphatic rings. The van der Waals surface area contributed by atoms with Gasteiger partial charge in [-0.05, 0) is 75.7 Å². The smallest absolute Gasteiger partial charge is 0.309 e. The lowest BCUT2D eigenvalue weighted by Gasteiger charge is -2.16. The molecule has 0 saturated carbocycles. The van der Waals surface area contributed by atoms with Crippen LogP contribution in [0.4, 0.5) is 5.69 Å². The molecule has 1 N–H and O–H groups in total. The van der Waals surface area contributed by atoms with Crippen molar-refractivity contribution in [2.24, 2.45) is 5.92 Å². The molecule has 6 heteroatoms. The molecule has 0 spiro atoms. The molecule has 1 unspecified atom stereocenters. The molecule has 0 saturated heterocycles. The molecule has 1 aliphatic carbocycles. The van der Waals surface area contributed by atoms with Gasteiger partial charge in [-0.1, -0.05) is 12.2 Å². The molecule has 2 rings (SSSR count). The maximum Gasteiger partial charge on any atom is 0.309 e. The van der Waals surface area contributed by atoms with Crippen LogP contribution in [0.15, 0.2) is 33.2 Å². The van der Waals surface area contributed by atoms with Crippen LogP contribution in [0.25, 0.3) is 0 Å². The van der Waals surface area contributed by atoms with E-state index in [2.05, 4.69) is 43.3 Å². The number of halogens is 2. The number of allylic oxidation sites excluding steroid dienone is 2. The minimum absolute atomic E-state index is 0.129. The fourth-order valence-corrected chi connectivity index (χ4v) is 3.87. The zero-order valence-corrected chi connectivity index (χ0v) is 15.4. The van der Waals surface area contributed by atoms with Gasteiger partial charge in [0.15, 0.2) is 6.61 Å². The van der Waals surface area contributed by atoms with Crippen molar-refractivity contribution < 1.29 is 14.3 Å². The summed E-state index contributed by atoms with van der Waals surface area (Å²) in [5.74, 6) is -0.790. The molecule has 0 aromatic heterocycles. The van der Waals surface area contributed by atoms with Crippen LogP contribution in [0.1, 0.15) is 24.8 Å². The lowest BCUT2D eigenvalue weighted by molar-refractivity contribution is -0.151. The molecule has 0 fully saturated rings. The van der Waals surface area contributed by atoms with Crippen LogP contribution in [0.2, 0.25) is 0 Å². The number of carbonyl (C=O) groups excluding carboxylic acids is 2. The van der Waals surface area contributed by atoms with E-state index >= 15 is 0 Å². The lowest BCUT2D eigenvalue weighted by Crippen LogP contribution is -2.25. The third-order valence-electron chi connectivity index (χ3n) is 3.40. The first-order valence-electron chi connectivity index (χ1n) is 7.04. The van der Waals surface area contributed by atoms with E-state index in [9.17, 15) is 9.59 Å². The SMILES string of the molecule is Cc1cc(Br)c(NC(=O)COC(=O)C2CC=CCC2)c(Br)c1. The predicted molar refractivity (Wildman–Crippen MR) is 92.6 cm³/mol. The Balaban J connectivity index is 1.88. The fourth-order valence-electron chi connectivity index (χ4n) is 2.26. The topological polar surface area (TPSA) is 55.4 Å². The molecule has 1 amide bonds. The van der Waals surface area contributed by atoms with Crippen molar-refractivity contribution in [3.8, 4) is 0 Å². The summed E-state index contributed by atoms with van der Waals surface area (Å²) in [6.07, 6.45) is 6.40. The minimum Gasteiger partial charge on any atom is -0.455 e. The number of aryl methyl sites for hydroxylation is 1. The summed E-state index contributed by atoms with van der Waals surface area (Å²) < 4.78 is 6.65. The van der Waals surface area contributed by atoms with Crippen LogP contribution < -0.4 is 5.32 Å². The van der Waals surface area contributed by atoms with E-state index in [1.165, 1.54) is 0 Å². The Kier molecular flexibility index (Phi) is 6.20.